The van der Waals surface area contributed by atoms with Crippen LogP contribution in [0.4, 0.5) is 0 Å². The summed E-state index contributed by atoms with van der Waals surface area (Å²) in [7, 11) is 0. The number of rotatable bonds is 5. The van der Waals surface area contributed by atoms with Crippen LogP contribution in [0.5, 0.6) is 11.5 Å². The Hall–Kier alpha value is -2.74. The maximum Gasteiger partial charge on any atom is 0.251 e. The molecule has 1 atom stereocenters. The zero-order valence-corrected chi connectivity index (χ0v) is 19.6. The number of hydrogen-bond donors (Lipinski definition) is 1. The van der Waals surface area contributed by atoms with Gasteiger partial charge in [0.05, 0.1) is 30.6 Å². The van der Waals surface area contributed by atoms with E-state index in [2.05, 4.69) is 4.98 Å². The van der Waals surface area contributed by atoms with Gasteiger partial charge in [-0.05, 0) is 62.4 Å². The van der Waals surface area contributed by atoms with Crippen molar-refractivity contribution in [1.29, 1.82) is 0 Å². The van der Waals surface area contributed by atoms with Crippen LogP contribution in [0.1, 0.15) is 58.0 Å². The van der Waals surface area contributed by atoms with Crippen molar-refractivity contribution in [2.24, 2.45) is 5.73 Å². The first kappa shape index (κ1) is 22.5. The van der Waals surface area contributed by atoms with Gasteiger partial charge in [-0.1, -0.05) is 17.8 Å². The summed E-state index contributed by atoms with van der Waals surface area (Å²) in [5, 5.41) is 0.526. The lowest BCUT2D eigenvalue weighted by molar-refractivity contribution is -0.129. The van der Waals surface area contributed by atoms with Gasteiger partial charge in [-0.2, -0.15) is 0 Å². The van der Waals surface area contributed by atoms with Gasteiger partial charge in [-0.15, -0.1) is 0 Å². The van der Waals surface area contributed by atoms with E-state index in [1.165, 1.54) is 11.8 Å². The molecule has 2 aromatic rings. The third kappa shape index (κ3) is 4.41. The number of nitrogens with two attached hydrogens (primary N) is 1. The SMILES string of the molecule is Cc1nc(SCC(=O)N2CCCC2c2ccc3c(c2)OCCCO3)c(C(N)=O)c(C)c1C. The van der Waals surface area contributed by atoms with Gasteiger partial charge in [-0.25, -0.2) is 4.98 Å². The molecular weight excluding hydrogens is 426 g/mol. The predicted molar refractivity (Wildman–Crippen MR) is 123 cm³/mol. The van der Waals surface area contributed by atoms with E-state index >= 15 is 0 Å². The molecule has 1 aromatic heterocycles. The minimum Gasteiger partial charge on any atom is -0.490 e. The number of benzene rings is 1. The lowest BCUT2D eigenvalue weighted by atomic mass is 10.0. The molecular formula is C24H29N3O4S. The highest BCUT2D eigenvalue weighted by Gasteiger charge is 2.31. The van der Waals surface area contributed by atoms with Gasteiger partial charge in [0.15, 0.2) is 11.5 Å². The number of carbonyl (C=O) groups is 2. The number of hydrogen-bond acceptors (Lipinski definition) is 6. The molecule has 2 N–H and O–H groups in total. The molecule has 2 amide bonds. The van der Waals surface area contributed by atoms with Crippen LogP contribution in [0.15, 0.2) is 23.2 Å². The molecule has 1 aromatic carbocycles. The van der Waals surface area contributed by atoms with Crippen molar-refractivity contribution in [1.82, 2.24) is 9.88 Å². The number of primary amides is 1. The Morgan fingerprint density at radius 1 is 1.12 bits per heavy atom. The van der Waals surface area contributed by atoms with Gasteiger partial charge in [-0.3, -0.25) is 9.59 Å². The summed E-state index contributed by atoms with van der Waals surface area (Å²) in [4.78, 5) is 31.7. The van der Waals surface area contributed by atoms with E-state index in [-0.39, 0.29) is 17.7 Å². The second-order valence-electron chi connectivity index (χ2n) is 8.28. The molecule has 4 rings (SSSR count). The first-order chi connectivity index (χ1) is 15.4. The highest BCUT2D eigenvalue weighted by atomic mass is 32.2. The zero-order valence-electron chi connectivity index (χ0n) is 18.8. The Balaban J connectivity index is 1.51. The Kier molecular flexibility index (Phi) is 6.60. The highest BCUT2D eigenvalue weighted by molar-refractivity contribution is 8.00. The van der Waals surface area contributed by atoms with E-state index in [0.29, 0.717) is 30.3 Å². The minimum absolute atomic E-state index is 0.00492. The Morgan fingerprint density at radius 3 is 2.62 bits per heavy atom. The topological polar surface area (TPSA) is 94.8 Å². The summed E-state index contributed by atoms with van der Waals surface area (Å²) in [6.07, 6.45) is 2.71. The van der Waals surface area contributed by atoms with Gasteiger partial charge in [0.2, 0.25) is 5.91 Å². The van der Waals surface area contributed by atoms with Gasteiger partial charge in [0.25, 0.3) is 5.91 Å². The smallest absolute Gasteiger partial charge is 0.251 e. The van der Waals surface area contributed by atoms with Crippen LogP contribution in [0, 0.1) is 20.8 Å². The third-order valence-electron chi connectivity index (χ3n) is 6.27. The lowest BCUT2D eigenvalue weighted by Crippen LogP contribution is -2.32. The summed E-state index contributed by atoms with van der Waals surface area (Å²) in [6.45, 7) is 7.69. The monoisotopic (exact) mass is 455 g/mol. The van der Waals surface area contributed by atoms with E-state index in [1.54, 1.807) is 0 Å². The fourth-order valence-electron chi connectivity index (χ4n) is 4.32. The molecule has 0 bridgehead atoms. The van der Waals surface area contributed by atoms with E-state index in [4.69, 9.17) is 15.2 Å². The predicted octanol–water partition coefficient (Wildman–Crippen LogP) is 3.72. The second-order valence-corrected chi connectivity index (χ2v) is 9.25. The van der Waals surface area contributed by atoms with Crippen LogP contribution in [0.2, 0.25) is 0 Å². The fourth-order valence-corrected chi connectivity index (χ4v) is 5.34. The van der Waals surface area contributed by atoms with Crippen molar-refractivity contribution < 1.29 is 19.1 Å². The molecule has 32 heavy (non-hydrogen) atoms. The molecule has 1 fully saturated rings. The number of likely N-dealkylation sites (tertiary alicyclic amines) is 1. The largest absolute Gasteiger partial charge is 0.490 e. The molecule has 0 radical (unpaired) electrons. The van der Waals surface area contributed by atoms with E-state index in [1.807, 2.05) is 43.9 Å². The maximum absolute atomic E-state index is 13.2. The third-order valence-corrected chi connectivity index (χ3v) is 7.23. The maximum atomic E-state index is 13.2. The number of fused-ring (bicyclic) bond motifs is 1. The first-order valence-electron chi connectivity index (χ1n) is 11.0. The molecule has 8 heteroatoms. The summed E-state index contributed by atoms with van der Waals surface area (Å²) in [5.41, 5.74) is 9.70. The number of carbonyl (C=O) groups excluding carboxylic acids is 2. The van der Waals surface area contributed by atoms with Gasteiger partial charge in [0, 0.05) is 18.7 Å². The number of aryl methyl sites for hydroxylation is 1. The average molecular weight is 456 g/mol. The van der Waals surface area contributed by atoms with E-state index < -0.39 is 5.91 Å². The molecule has 0 saturated carbocycles. The molecule has 1 saturated heterocycles. The number of pyridine rings is 1. The molecule has 1 unspecified atom stereocenters. The lowest BCUT2D eigenvalue weighted by Gasteiger charge is -2.26. The summed E-state index contributed by atoms with van der Waals surface area (Å²) < 4.78 is 11.6. The van der Waals surface area contributed by atoms with Crippen LogP contribution in [0.3, 0.4) is 0 Å². The molecule has 2 aliphatic heterocycles. The number of nitrogens with zero attached hydrogens (tertiary/aromatic N) is 2. The van der Waals surface area contributed by atoms with Crippen molar-refractivity contribution >= 4 is 23.6 Å². The molecule has 170 valence electrons. The molecule has 3 heterocycles. The van der Waals surface area contributed by atoms with E-state index in [0.717, 1.165) is 53.1 Å². The van der Waals surface area contributed by atoms with Crippen molar-refractivity contribution in [3.63, 3.8) is 0 Å². The summed E-state index contributed by atoms with van der Waals surface area (Å²) >= 11 is 1.28. The Bertz CT molecular complexity index is 1060. The number of thioether (sulfide) groups is 1. The number of amides is 2. The van der Waals surface area contributed by atoms with Crippen LogP contribution >= 0.6 is 11.8 Å². The van der Waals surface area contributed by atoms with Crippen molar-refractivity contribution in [3.05, 3.63) is 46.1 Å². The second kappa shape index (κ2) is 9.40. The van der Waals surface area contributed by atoms with Crippen molar-refractivity contribution in [3.8, 4) is 11.5 Å². The van der Waals surface area contributed by atoms with E-state index in [9.17, 15) is 9.59 Å². The zero-order chi connectivity index (χ0) is 22.8. The van der Waals surface area contributed by atoms with Gasteiger partial charge in [0.1, 0.15) is 5.03 Å². The van der Waals surface area contributed by atoms with Crippen LogP contribution in [-0.4, -0.2) is 47.2 Å². The van der Waals surface area contributed by atoms with Crippen molar-refractivity contribution in [2.45, 2.75) is 51.1 Å². The minimum atomic E-state index is -0.515. The highest BCUT2D eigenvalue weighted by Crippen LogP contribution is 2.38. The van der Waals surface area contributed by atoms with Gasteiger partial charge >= 0.3 is 0 Å². The van der Waals surface area contributed by atoms with Crippen molar-refractivity contribution in [2.75, 3.05) is 25.5 Å². The molecule has 7 nitrogen and oxygen atoms in total. The Labute approximate surface area is 192 Å². The number of ether oxygens (including phenoxy) is 2. The standard InChI is InChI=1S/C24H29N3O4S/c1-14-15(2)22(23(25)29)24(26-16(14)3)32-13-21(28)27-9-4-6-18(27)17-7-8-19-20(12-17)31-11-5-10-30-19/h7-8,12,18H,4-6,9-11,13H2,1-3H3,(H2,25,29). The summed E-state index contributed by atoms with van der Waals surface area (Å²) in [5.74, 6) is 1.22. The molecule has 0 spiro atoms. The average Bonchev–Trinajstić information content (AvgIpc) is 3.14. The quantitative estimate of drug-likeness (QED) is 0.691. The van der Waals surface area contributed by atoms with Crippen LogP contribution < -0.4 is 15.2 Å². The summed E-state index contributed by atoms with van der Waals surface area (Å²) in [6, 6.07) is 5.97. The molecule has 2 aliphatic rings. The van der Waals surface area contributed by atoms with Crippen LogP contribution in [0.25, 0.3) is 0 Å². The van der Waals surface area contributed by atoms with Gasteiger partial charge < -0.3 is 20.1 Å². The number of aromatic nitrogens is 1. The normalized spacial score (nSPS) is 17.8. The fraction of sp³-hybridized carbons (Fsp3) is 0.458. The Morgan fingerprint density at radius 2 is 1.88 bits per heavy atom. The molecule has 0 aliphatic carbocycles. The van der Waals surface area contributed by atoms with Crippen LogP contribution in [-0.2, 0) is 4.79 Å². The first-order valence-corrected chi connectivity index (χ1v) is 11.9.